The van der Waals surface area contributed by atoms with Crippen LogP contribution in [0.1, 0.15) is 19.3 Å². The van der Waals surface area contributed by atoms with Crippen molar-refractivity contribution in [3.8, 4) is 22.6 Å². The van der Waals surface area contributed by atoms with Crippen LogP contribution in [-0.2, 0) is 0 Å². The molecule has 0 saturated heterocycles. The van der Waals surface area contributed by atoms with Crippen molar-refractivity contribution in [1.29, 1.82) is 0 Å². The van der Waals surface area contributed by atoms with Gasteiger partial charge in [-0.05, 0) is 29.6 Å². The fourth-order valence-electron chi connectivity index (χ4n) is 0.360. The second kappa shape index (κ2) is 7.70. The van der Waals surface area contributed by atoms with Crippen molar-refractivity contribution >= 4 is 23.2 Å². The van der Waals surface area contributed by atoms with Gasteiger partial charge in [0.15, 0.2) is 0 Å². The lowest BCUT2D eigenvalue weighted by Gasteiger charge is -1.80. The lowest BCUT2D eigenvalue weighted by atomic mass is 10.2. The van der Waals surface area contributed by atoms with E-state index in [4.69, 9.17) is 23.2 Å². The van der Waals surface area contributed by atoms with Crippen molar-refractivity contribution in [2.24, 2.45) is 0 Å². The van der Waals surface area contributed by atoms with E-state index in [1.807, 2.05) is 0 Å². The Kier molecular flexibility index (Phi) is 7.44. The Morgan fingerprint density at radius 3 is 1.67 bits per heavy atom. The van der Waals surface area contributed by atoms with Crippen LogP contribution in [0.5, 0.6) is 0 Å². The summed E-state index contributed by atoms with van der Waals surface area (Å²) >= 11 is 10.2. The van der Waals surface area contributed by atoms with Gasteiger partial charge in [-0.3, -0.25) is 0 Å². The maximum atomic E-state index is 5.09. The molecule has 0 heterocycles. The summed E-state index contributed by atoms with van der Waals surface area (Å²) in [5.74, 6) is 5.42. The summed E-state index contributed by atoms with van der Waals surface area (Å²) in [5, 5.41) is 4.57. The molecule has 0 unspecified atom stereocenters. The van der Waals surface area contributed by atoms with Crippen molar-refractivity contribution in [1.82, 2.24) is 0 Å². The molecule has 0 spiro atoms. The summed E-state index contributed by atoms with van der Waals surface area (Å²) in [4.78, 5) is 0. The van der Waals surface area contributed by atoms with E-state index < -0.39 is 0 Å². The number of hydrogen-bond acceptors (Lipinski definition) is 0. The van der Waals surface area contributed by atoms with E-state index >= 15 is 0 Å². The van der Waals surface area contributed by atoms with Crippen molar-refractivity contribution in [3.63, 3.8) is 0 Å². The minimum Gasteiger partial charge on any atom is -0.0858 e. The Morgan fingerprint density at radius 2 is 1.33 bits per heavy atom. The van der Waals surface area contributed by atoms with Gasteiger partial charge in [0.05, 0.1) is 0 Å². The third-order valence-corrected chi connectivity index (χ3v) is 1.00. The zero-order valence-corrected chi connectivity index (χ0v) is 6.39. The Labute approximate surface area is 65.5 Å². The molecular formula is C7H6Cl2. The van der Waals surface area contributed by atoms with Gasteiger partial charge in [0.1, 0.15) is 0 Å². The standard InChI is InChI=1S/C7H6Cl2/c8-6-4-2-1-3-5-7-9/h1-3H2. The second-order valence-electron chi connectivity index (χ2n) is 1.40. The highest BCUT2D eigenvalue weighted by atomic mass is 35.5. The highest BCUT2D eigenvalue weighted by molar-refractivity contribution is 6.30. The molecule has 0 aromatic heterocycles. The van der Waals surface area contributed by atoms with E-state index in [0.717, 1.165) is 19.3 Å². The molecule has 0 fully saturated rings. The third kappa shape index (κ3) is 7.70. The van der Waals surface area contributed by atoms with Crippen LogP contribution < -0.4 is 0 Å². The first-order chi connectivity index (χ1) is 4.41. The molecule has 0 aliphatic rings. The lowest BCUT2D eigenvalue weighted by Crippen LogP contribution is -1.67. The van der Waals surface area contributed by atoms with E-state index in [2.05, 4.69) is 22.6 Å². The average Bonchev–Trinajstić information content (AvgIpc) is 1.89. The SMILES string of the molecule is ClC#CCCCC#CCl. The van der Waals surface area contributed by atoms with Crippen LogP contribution in [0.25, 0.3) is 0 Å². The van der Waals surface area contributed by atoms with Gasteiger partial charge in [-0.1, -0.05) is 11.8 Å². The van der Waals surface area contributed by atoms with Gasteiger partial charge in [0.25, 0.3) is 0 Å². The molecule has 0 atom stereocenters. The van der Waals surface area contributed by atoms with Gasteiger partial charge in [-0.2, -0.15) is 0 Å². The molecule has 0 aliphatic heterocycles. The molecule has 0 nitrogen and oxygen atoms in total. The smallest absolute Gasteiger partial charge is 0.0110 e. The first kappa shape index (κ1) is 8.70. The molecule has 9 heavy (non-hydrogen) atoms. The van der Waals surface area contributed by atoms with Crippen LogP contribution in [0.2, 0.25) is 0 Å². The summed E-state index contributed by atoms with van der Waals surface area (Å²) in [5.41, 5.74) is 0. The van der Waals surface area contributed by atoms with Crippen LogP contribution in [0, 0.1) is 22.6 Å². The average molecular weight is 161 g/mol. The molecule has 0 bridgehead atoms. The Balaban J connectivity index is 3.04. The topological polar surface area (TPSA) is 0 Å². The van der Waals surface area contributed by atoms with Gasteiger partial charge in [-0.15, -0.1) is 0 Å². The summed E-state index contributed by atoms with van der Waals surface area (Å²) in [6.45, 7) is 0. The third-order valence-electron chi connectivity index (χ3n) is 0.737. The van der Waals surface area contributed by atoms with E-state index in [0.29, 0.717) is 0 Å². The van der Waals surface area contributed by atoms with E-state index in [1.165, 1.54) is 0 Å². The van der Waals surface area contributed by atoms with Gasteiger partial charge in [0, 0.05) is 23.6 Å². The zero-order valence-electron chi connectivity index (χ0n) is 4.88. The van der Waals surface area contributed by atoms with Gasteiger partial charge in [0.2, 0.25) is 0 Å². The molecule has 48 valence electrons. The van der Waals surface area contributed by atoms with Gasteiger partial charge in [-0.25, -0.2) is 0 Å². The zero-order chi connectivity index (χ0) is 6.95. The largest absolute Gasteiger partial charge is 0.0858 e. The van der Waals surface area contributed by atoms with Crippen molar-refractivity contribution in [2.75, 3.05) is 0 Å². The molecule has 0 radical (unpaired) electrons. The van der Waals surface area contributed by atoms with Crippen LogP contribution >= 0.6 is 23.2 Å². The van der Waals surface area contributed by atoms with Crippen molar-refractivity contribution in [3.05, 3.63) is 0 Å². The number of halogens is 2. The summed E-state index contributed by atoms with van der Waals surface area (Å²) < 4.78 is 0. The van der Waals surface area contributed by atoms with Crippen molar-refractivity contribution < 1.29 is 0 Å². The van der Waals surface area contributed by atoms with Gasteiger partial charge < -0.3 is 0 Å². The molecule has 0 rings (SSSR count). The van der Waals surface area contributed by atoms with Crippen LogP contribution in [0.3, 0.4) is 0 Å². The maximum Gasteiger partial charge on any atom is 0.0110 e. The highest BCUT2D eigenvalue weighted by Crippen LogP contribution is 1.91. The Bertz CT molecular complexity index is 143. The quantitative estimate of drug-likeness (QED) is 0.431. The second-order valence-corrected chi connectivity index (χ2v) is 1.77. The molecule has 0 saturated carbocycles. The van der Waals surface area contributed by atoms with E-state index in [9.17, 15) is 0 Å². The minimum absolute atomic E-state index is 0.801. The Hall–Kier alpha value is -0.300. The first-order valence-electron chi connectivity index (χ1n) is 2.59. The summed E-state index contributed by atoms with van der Waals surface area (Å²) in [6, 6.07) is 0. The fraction of sp³-hybridized carbons (Fsp3) is 0.429. The molecular weight excluding hydrogens is 155 g/mol. The number of hydrogen-bond donors (Lipinski definition) is 0. The van der Waals surface area contributed by atoms with E-state index in [-0.39, 0.29) is 0 Å². The number of unbranched alkanes of at least 4 members (excludes halogenated alkanes) is 2. The van der Waals surface area contributed by atoms with Crippen molar-refractivity contribution in [2.45, 2.75) is 19.3 Å². The normalized spacial score (nSPS) is 6.44. The fourth-order valence-corrected chi connectivity index (χ4v) is 0.549. The molecule has 0 aliphatic carbocycles. The predicted molar refractivity (Wildman–Crippen MR) is 41.1 cm³/mol. The van der Waals surface area contributed by atoms with Crippen LogP contribution in [0.15, 0.2) is 0 Å². The number of rotatable bonds is 2. The van der Waals surface area contributed by atoms with Gasteiger partial charge >= 0.3 is 0 Å². The monoisotopic (exact) mass is 160 g/mol. The van der Waals surface area contributed by atoms with Crippen LogP contribution in [0.4, 0.5) is 0 Å². The van der Waals surface area contributed by atoms with Crippen LogP contribution in [-0.4, -0.2) is 0 Å². The summed E-state index contributed by atoms with van der Waals surface area (Å²) in [6.07, 6.45) is 2.55. The highest BCUT2D eigenvalue weighted by Gasteiger charge is 1.77. The summed E-state index contributed by atoms with van der Waals surface area (Å²) in [7, 11) is 0. The lowest BCUT2D eigenvalue weighted by molar-refractivity contribution is 0.904. The molecule has 0 aromatic rings. The Morgan fingerprint density at radius 1 is 0.889 bits per heavy atom. The predicted octanol–water partition coefficient (Wildman–Crippen LogP) is 2.56. The molecule has 2 heteroatoms. The van der Waals surface area contributed by atoms with E-state index in [1.54, 1.807) is 0 Å². The molecule has 0 N–H and O–H groups in total. The first-order valence-corrected chi connectivity index (χ1v) is 3.34. The molecule has 0 amide bonds. The minimum atomic E-state index is 0.801. The maximum absolute atomic E-state index is 5.09. The molecule has 0 aromatic carbocycles.